The van der Waals surface area contributed by atoms with Crippen molar-refractivity contribution in [3.05, 3.63) is 40.5 Å². The fourth-order valence-corrected chi connectivity index (χ4v) is 2.61. The molecule has 0 saturated heterocycles. The second-order valence-electron chi connectivity index (χ2n) is 4.80. The Kier molecular flexibility index (Phi) is 3.26. The van der Waals surface area contributed by atoms with Gasteiger partial charge in [-0.15, -0.1) is 11.3 Å². The van der Waals surface area contributed by atoms with Crippen LogP contribution in [-0.2, 0) is 6.42 Å². The number of rotatable bonds is 3. The van der Waals surface area contributed by atoms with Crippen LogP contribution in [0.4, 0.5) is 4.39 Å². The molecule has 90 valence electrons. The van der Waals surface area contributed by atoms with Crippen molar-refractivity contribution in [1.29, 1.82) is 0 Å². The van der Waals surface area contributed by atoms with Crippen LogP contribution in [0.5, 0.6) is 0 Å². The molecule has 0 spiro atoms. The Bertz CT molecular complexity index is 514. The number of thiazole rings is 1. The lowest BCUT2D eigenvalue weighted by Crippen LogP contribution is -2.34. The molecule has 1 aromatic heterocycles. The molecule has 0 unspecified atom stereocenters. The maximum Gasteiger partial charge on any atom is 0.123 e. The van der Waals surface area contributed by atoms with Crippen molar-refractivity contribution in [3.63, 3.8) is 0 Å². The maximum atomic E-state index is 13.1. The van der Waals surface area contributed by atoms with Crippen molar-refractivity contribution in [2.45, 2.75) is 25.8 Å². The van der Waals surface area contributed by atoms with Crippen molar-refractivity contribution < 1.29 is 4.39 Å². The number of nitrogens with two attached hydrogens (primary N) is 1. The van der Waals surface area contributed by atoms with E-state index >= 15 is 0 Å². The van der Waals surface area contributed by atoms with E-state index in [0.29, 0.717) is 0 Å². The number of hydrogen-bond donors (Lipinski definition) is 1. The van der Waals surface area contributed by atoms with Crippen LogP contribution in [-0.4, -0.2) is 10.5 Å². The van der Waals surface area contributed by atoms with Crippen LogP contribution in [0.15, 0.2) is 29.6 Å². The van der Waals surface area contributed by atoms with Crippen LogP contribution in [0.25, 0.3) is 11.3 Å². The van der Waals surface area contributed by atoms with Gasteiger partial charge in [0, 0.05) is 22.9 Å². The summed E-state index contributed by atoms with van der Waals surface area (Å²) in [6.45, 7) is 3.94. The van der Waals surface area contributed by atoms with Crippen LogP contribution < -0.4 is 5.73 Å². The zero-order valence-corrected chi connectivity index (χ0v) is 10.7. The number of benzene rings is 1. The van der Waals surface area contributed by atoms with Gasteiger partial charge < -0.3 is 5.73 Å². The summed E-state index contributed by atoms with van der Waals surface area (Å²) in [5.41, 5.74) is 7.30. The van der Waals surface area contributed by atoms with Gasteiger partial charge in [0.1, 0.15) is 5.82 Å². The molecule has 1 aromatic carbocycles. The van der Waals surface area contributed by atoms with Gasteiger partial charge in [0.2, 0.25) is 0 Å². The smallest absolute Gasteiger partial charge is 0.123 e. The summed E-state index contributed by atoms with van der Waals surface area (Å²) in [6, 6.07) is 6.47. The normalized spacial score (nSPS) is 11.8. The minimum absolute atomic E-state index is 0.240. The molecule has 2 N–H and O–H groups in total. The lowest BCUT2D eigenvalue weighted by atomic mass is 10.0. The molecule has 1 heterocycles. The molecule has 0 aliphatic heterocycles. The van der Waals surface area contributed by atoms with E-state index < -0.39 is 0 Å². The Morgan fingerprint density at radius 2 is 2.18 bits per heavy atom. The maximum absolute atomic E-state index is 13.1. The average Bonchev–Trinajstić information content (AvgIpc) is 2.63. The summed E-state index contributed by atoms with van der Waals surface area (Å²) in [7, 11) is 0. The van der Waals surface area contributed by atoms with Crippen LogP contribution in [0.1, 0.15) is 18.9 Å². The highest BCUT2D eigenvalue weighted by Gasteiger charge is 2.14. The molecular weight excluding hydrogens is 235 g/mol. The van der Waals surface area contributed by atoms with Crippen molar-refractivity contribution in [3.8, 4) is 11.3 Å². The molecule has 0 amide bonds. The first-order valence-corrected chi connectivity index (χ1v) is 6.31. The van der Waals surface area contributed by atoms with Gasteiger partial charge in [0.05, 0.1) is 10.7 Å². The Morgan fingerprint density at radius 1 is 1.41 bits per heavy atom. The third-order valence-electron chi connectivity index (χ3n) is 2.28. The molecule has 0 aliphatic rings. The quantitative estimate of drug-likeness (QED) is 0.908. The summed E-state index contributed by atoms with van der Waals surface area (Å²) in [4.78, 5) is 4.48. The minimum Gasteiger partial charge on any atom is -0.325 e. The molecule has 0 bridgehead atoms. The van der Waals surface area contributed by atoms with Crippen molar-refractivity contribution in [1.82, 2.24) is 4.98 Å². The SMILES string of the molecule is CC(C)(N)Cc1nc(-c2cccc(F)c2)cs1. The van der Waals surface area contributed by atoms with E-state index in [4.69, 9.17) is 5.73 Å². The molecule has 2 rings (SSSR count). The Hall–Kier alpha value is -1.26. The summed E-state index contributed by atoms with van der Waals surface area (Å²) in [5.74, 6) is -0.240. The van der Waals surface area contributed by atoms with E-state index in [1.807, 2.05) is 25.3 Å². The lowest BCUT2D eigenvalue weighted by Gasteiger charge is -2.15. The molecule has 2 aromatic rings. The third-order valence-corrected chi connectivity index (χ3v) is 3.13. The zero-order chi connectivity index (χ0) is 12.5. The highest BCUT2D eigenvalue weighted by Crippen LogP contribution is 2.24. The largest absolute Gasteiger partial charge is 0.325 e. The molecule has 4 heteroatoms. The van der Waals surface area contributed by atoms with E-state index in [1.54, 1.807) is 17.4 Å². The van der Waals surface area contributed by atoms with E-state index in [2.05, 4.69) is 4.98 Å². The number of hydrogen-bond acceptors (Lipinski definition) is 3. The highest BCUT2D eigenvalue weighted by atomic mass is 32.1. The molecule has 2 nitrogen and oxygen atoms in total. The van der Waals surface area contributed by atoms with Gasteiger partial charge in [-0.1, -0.05) is 12.1 Å². The Morgan fingerprint density at radius 3 is 2.82 bits per heavy atom. The summed E-state index contributed by atoms with van der Waals surface area (Å²) in [5, 5.41) is 2.92. The van der Waals surface area contributed by atoms with Crippen LogP contribution >= 0.6 is 11.3 Å². The third kappa shape index (κ3) is 3.35. The fourth-order valence-electron chi connectivity index (χ4n) is 1.56. The van der Waals surface area contributed by atoms with Crippen LogP contribution in [0, 0.1) is 5.82 Å². The van der Waals surface area contributed by atoms with E-state index in [1.165, 1.54) is 12.1 Å². The zero-order valence-electron chi connectivity index (χ0n) is 9.90. The van der Waals surface area contributed by atoms with Gasteiger partial charge in [-0.25, -0.2) is 9.37 Å². The van der Waals surface area contributed by atoms with E-state index in [-0.39, 0.29) is 11.4 Å². The summed E-state index contributed by atoms with van der Waals surface area (Å²) >= 11 is 1.56. The molecule has 0 aliphatic carbocycles. The van der Waals surface area contributed by atoms with Gasteiger partial charge in [-0.05, 0) is 26.0 Å². The molecule has 0 fully saturated rings. The Balaban J connectivity index is 2.24. The van der Waals surface area contributed by atoms with E-state index in [9.17, 15) is 4.39 Å². The lowest BCUT2D eigenvalue weighted by molar-refractivity contribution is 0.515. The first-order chi connectivity index (χ1) is 7.94. The number of halogens is 1. The van der Waals surface area contributed by atoms with Crippen molar-refractivity contribution in [2.24, 2.45) is 5.73 Å². The van der Waals surface area contributed by atoms with Gasteiger partial charge in [0.15, 0.2) is 0 Å². The molecule has 0 radical (unpaired) electrons. The second kappa shape index (κ2) is 4.55. The summed E-state index contributed by atoms with van der Waals surface area (Å²) in [6.07, 6.45) is 0.729. The van der Waals surface area contributed by atoms with Gasteiger partial charge in [-0.3, -0.25) is 0 Å². The number of aromatic nitrogens is 1. The predicted molar refractivity (Wildman–Crippen MR) is 69.5 cm³/mol. The molecular formula is C13H15FN2S. The first-order valence-electron chi connectivity index (χ1n) is 5.43. The average molecular weight is 250 g/mol. The monoisotopic (exact) mass is 250 g/mol. The predicted octanol–water partition coefficient (Wildman–Crippen LogP) is 3.23. The van der Waals surface area contributed by atoms with E-state index in [0.717, 1.165) is 22.7 Å². The van der Waals surface area contributed by atoms with Crippen LogP contribution in [0.3, 0.4) is 0 Å². The van der Waals surface area contributed by atoms with Crippen LogP contribution in [0.2, 0.25) is 0 Å². The molecule has 17 heavy (non-hydrogen) atoms. The van der Waals surface area contributed by atoms with Gasteiger partial charge >= 0.3 is 0 Å². The minimum atomic E-state index is -0.267. The molecule has 0 saturated carbocycles. The van der Waals surface area contributed by atoms with Crippen molar-refractivity contribution >= 4 is 11.3 Å². The first kappa shape index (κ1) is 12.2. The topological polar surface area (TPSA) is 38.9 Å². The molecule has 0 atom stereocenters. The fraction of sp³-hybridized carbons (Fsp3) is 0.308. The standard InChI is InChI=1S/C13H15FN2S/c1-13(2,15)7-12-16-11(8-17-12)9-4-3-5-10(14)6-9/h3-6,8H,7,15H2,1-2H3. The number of nitrogens with zero attached hydrogens (tertiary/aromatic N) is 1. The van der Waals surface area contributed by atoms with Gasteiger partial charge in [-0.2, -0.15) is 0 Å². The Labute approximate surface area is 104 Å². The van der Waals surface area contributed by atoms with Gasteiger partial charge in [0.25, 0.3) is 0 Å². The second-order valence-corrected chi connectivity index (χ2v) is 5.74. The van der Waals surface area contributed by atoms with Crippen molar-refractivity contribution in [2.75, 3.05) is 0 Å². The summed E-state index contributed by atoms with van der Waals surface area (Å²) < 4.78 is 13.1. The highest BCUT2D eigenvalue weighted by molar-refractivity contribution is 7.09.